The van der Waals surface area contributed by atoms with E-state index in [0.29, 0.717) is 40.5 Å². The minimum Gasteiger partial charge on any atom is -0.397 e. The Labute approximate surface area is 121 Å². The van der Waals surface area contributed by atoms with E-state index in [-0.39, 0.29) is 11.7 Å². The molecule has 2 N–H and O–H groups in total. The number of amides is 1. The van der Waals surface area contributed by atoms with Crippen molar-refractivity contribution in [3.05, 3.63) is 28.9 Å². The zero-order valence-corrected chi connectivity index (χ0v) is 12.2. The van der Waals surface area contributed by atoms with Crippen molar-refractivity contribution >= 4 is 43.8 Å². The summed E-state index contributed by atoms with van der Waals surface area (Å²) in [6.45, 7) is 0.959. The molecule has 106 valence electrons. The Bertz CT molecular complexity index is 704. The van der Waals surface area contributed by atoms with Crippen LogP contribution in [0.1, 0.15) is 9.67 Å². The average molecular weight is 312 g/mol. The molecule has 0 unspecified atom stereocenters. The number of nitrogen functional groups attached to an aromatic ring is 1. The molecule has 1 aromatic heterocycles. The van der Waals surface area contributed by atoms with Gasteiger partial charge in [0.25, 0.3) is 5.91 Å². The van der Waals surface area contributed by atoms with Crippen LogP contribution in [-0.2, 0) is 10.8 Å². The van der Waals surface area contributed by atoms with Crippen molar-refractivity contribution in [1.82, 2.24) is 4.90 Å². The van der Waals surface area contributed by atoms with Crippen molar-refractivity contribution in [3.63, 3.8) is 0 Å². The van der Waals surface area contributed by atoms with Crippen molar-refractivity contribution < 1.29 is 13.4 Å². The smallest absolute Gasteiger partial charge is 0.266 e. The number of carbonyl (C=O) groups excluding carboxylic acids is 1. The van der Waals surface area contributed by atoms with Crippen LogP contribution < -0.4 is 5.73 Å². The van der Waals surface area contributed by atoms with Crippen LogP contribution in [0, 0.1) is 5.82 Å². The van der Waals surface area contributed by atoms with Crippen LogP contribution in [0.25, 0.3) is 10.1 Å². The molecule has 1 aliphatic heterocycles. The lowest BCUT2D eigenvalue weighted by molar-refractivity contribution is 0.0777. The third-order valence-corrected chi connectivity index (χ3v) is 5.80. The quantitative estimate of drug-likeness (QED) is 0.874. The molecule has 0 spiro atoms. The Kier molecular flexibility index (Phi) is 3.47. The predicted octanol–water partition coefficient (Wildman–Crippen LogP) is 1.83. The van der Waals surface area contributed by atoms with Gasteiger partial charge < -0.3 is 10.6 Å². The third-order valence-electron chi connectivity index (χ3n) is 3.35. The molecule has 0 saturated carbocycles. The Hall–Kier alpha value is -1.47. The number of fused-ring (bicyclic) bond motifs is 1. The van der Waals surface area contributed by atoms with Crippen molar-refractivity contribution in [2.75, 3.05) is 30.3 Å². The molecule has 2 heterocycles. The highest BCUT2D eigenvalue weighted by Gasteiger charge is 2.25. The van der Waals surface area contributed by atoms with E-state index in [1.165, 1.54) is 23.5 Å². The van der Waals surface area contributed by atoms with Crippen LogP contribution in [0.2, 0.25) is 0 Å². The first-order valence-corrected chi connectivity index (χ1v) is 8.48. The molecule has 1 fully saturated rings. The largest absolute Gasteiger partial charge is 0.397 e. The molecule has 1 aliphatic rings. The van der Waals surface area contributed by atoms with E-state index in [4.69, 9.17) is 5.73 Å². The summed E-state index contributed by atoms with van der Waals surface area (Å²) in [5.74, 6) is 0.492. The second kappa shape index (κ2) is 5.14. The van der Waals surface area contributed by atoms with Gasteiger partial charge in [0.2, 0.25) is 0 Å². The van der Waals surface area contributed by atoms with Gasteiger partial charge in [-0.25, -0.2) is 4.39 Å². The van der Waals surface area contributed by atoms with Crippen LogP contribution >= 0.6 is 11.3 Å². The molecule has 1 saturated heterocycles. The lowest BCUT2D eigenvalue weighted by Gasteiger charge is -2.25. The molecule has 2 aromatic rings. The second-order valence-corrected chi connectivity index (χ2v) is 7.37. The molecule has 3 rings (SSSR count). The summed E-state index contributed by atoms with van der Waals surface area (Å²) in [6, 6.07) is 4.34. The number of thiophene rings is 1. The van der Waals surface area contributed by atoms with Gasteiger partial charge in [-0.15, -0.1) is 11.3 Å². The van der Waals surface area contributed by atoms with E-state index in [1.54, 1.807) is 11.0 Å². The molecular formula is C13H13FN2O2S2. The number of hydrogen-bond donors (Lipinski definition) is 1. The molecule has 0 atom stereocenters. The summed E-state index contributed by atoms with van der Waals surface area (Å²) < 4.78 is 25.4. The van der Waals surface area contributed by atoms with E-state index >= 15 is 0 Å². The number of rotatable bonds is 1. The van der Waals surface area contributed by atoms with Gasteiger partial charge in [-0.3, -0.25) is 9.00 Å². The standard InChI is InChI=1S/C13H13FN2O2S2/c14-8-1-2-10-9(7-8)11(15)12(19-10)13(17)16-3-5-20(18)6-4-16/h1-2,7H,3-6,15H2. The maximum atomic E-state index is 13.2. The topological polar surface area (TPSA) is 63.4 Å². The van der Waals surface area contributed by atoms with Gasteiger partial charge in [0, 0.05) is 45.5 Å². The fourth-order valence-corrected chi connectivity index (χ4v) is 4.36. The molecule has 20 heavy (non-hydrogen) atoms. The van der Waals surface area contributed by atoms with Crippen molar-refractivity contribution in [2.45, 2.75) is 0 Å². The summed E-state index contributed by atoms with van der Waals surface area (Å²) in [5.41, 5.74) is 6.31. The maximum Gasteiger partial charge on any atom is 0.266 e. The van der Waals surface area contributed by atoms with Gasteiger partial charge >= 0.3 is 0 Å². The normalized spacial score (nSPS) is 16.8. The molecular weight excluding hydrogens is 299 g/mol. The Morgan fingerprint density at radius 1 is 1.35 bits per heavy atom. The van der Waals surface area contributed by atoms with Gasteiger partial charge in [0.1, 0.15) is 10.7 Å². The van der Waals surface area contributed by atoms with Gasteiger partial charge in [-0.2, -0.15) is 0 Å². The van der Waals surface area contributed by atoms with Gasteiger partial charge in [0.05, 0.1) is 5.69 Å². The van der Waals surface area contributed by atoms with Crippen LogP contribution in [0.4, 0.5) is 10.1 Å². The molecule has 1 aromatic carbocycles. The molecule has 7 heteroatoms. The molecule has 0 bridgehead atoms. The second-order valence-electron chi connectivity index (χ2n) is 4.63. The van der Waals surface area contributed by atoms with E-state index in [9.17, 15) is 13.4 Å². The maximum absolute atomic E-state index is 13.2. The summed E-state index contributed by atoms with van der Waals surface area (Å²) in [4.78, 5) is 14.6. The average Bonchev–Trinajstić information content (AvgIpc) is 2.76. The van der Waals surface area contributed by atoms with Crippen molar-refractivity contribution in [1.29, 1.82) is 0 Å². The van der Waals surface area contributed by atoms with E-state index < -0.39 is 10.8 Å². The van der Waals surface area contributed by atoms with Crippen molar-refractivity contribution in [3.8, 4) is 0 Å². The number of carbonyl (C=O) groups is 1. The summed E-state index contributed by atoms with van der Waals surface area (Å²) in [6.07, 6.45) is 0. The highest BCUT2D eigenvalue weighted by molar-refractivity contribution is 7.85. The minimum atomic E-state index is -0.828. The monoisotopic (exact) mass is 312 g/mol. The fourth-order valence-electron chi connectivity index (χ4n) is 2.23. The van der Waals surface area contributed by atoms with Crippen LogP contribution in [0.5, 0.6) is 0 Å². The lowest BCUT2D eigenvalue weighted by atomic mass is 10.2. The third kappa shape index (κ3) is 2.31. The lowest BCUT2D eigenvalue weighted by Crippen LogP contribution is -2.41. The molecule has 4 nitrogen and oxygen atoms in total. The van der Waals surface area contributed by atoms with Gasteiger partial charge in [-0.05, 0) is 18.2 Å². The predicted molar refractivity (Wildman–Crippen MR) is 80.0 cm³/mol. The Morgan fingerprint density at radius 2 is 2.05 bits per heavy atom. The number of nitrogens with zero attached hydrogens (tertiary/aromatic N) is 1. The molecule has 0 radical (unpaired) electrons. The zero-order chi connectivity index (χ0) is 14.3. The van der Waals surface area contributed by atoms with Crippen LogP contribution in [0.15, 0.2) is 18.2 Å². The fraction of sp³-hybridized carbons (Fsp3) is 0.308. The van der Waals surface area contributed by atoms with Gasteiger partial charge in [0.15, 0.2) is 0 Å². The summed E-state index contributed by atoms with van der Waals surface area (Å²) in [5, 5.41) is 0.582. The molecule has 0 aliphatic carbocycles. The van der Waals surface area contributed by atoms with E-state index in [2.05, 4.69) is 0 Å². The summed E-state index contributed by atoms with van der Waals surface area (Å²) in [7, 11) is -0.828. The number of halogens is 1. The first-order valence-electron chi connectivity index (χ1n) is 6.18. The van der Waals surface area contributed by atoms with E-state index in [0.717, 1.165) is 4.70 Å². The number of nitrogens with two attached hydrogens (primary N) is 1. The first-order chi connectivity index (χ1) is 9.56. The number of benzene rings is 1. The highest BCUT2D eigenvalue weighted by Crippen LogP contribution is 2.34. The van der Waals surface area contributed by atoms with Crippen molar-refractivity contribution in [2.24, 2.45) is 0 Å². The Balaban J connectivity index is 1.95. The Morgan fingerprint density at radius 3 is 2.75 bits per heavy atom. The minimum absolute atomic E-state index is 0.152. The number of anilines is 1. The number of hydrogen-bond acceptors (Lipinski definition) is 4. The molecule has 1 amide bonds. The van der Waals surface area contributed by atoms with Crippen LogP contribution in [-0.4, -0.2) is 39.6 Å². The first kappa shape index (κ1) is 13.5. The zero-order valence-electron chi connectivity index (χ0n) is 10.6. The van der Waals surface area contributed by atoms with E-state index in [1.807, 2.05) is 0 Å². The highest BCUT2D eigenvalue weighted by atomic mass is 32.2. The van der Waals surface area contributed by atoms with Crippen LogP contribution in [0.3, 0.4) is 0 Å². The van der Waals surface area contributed by atoms with Gasteiger partial charge in [-0.1, -0.05) is 0 Å². The SMILES string of the molecule is Nc1c(C(=O)N2CCS(=O)CC2)sc2ccc(F)cc12. The summed E-state index contributed by atoms with van der Waals surface area (Å²) >= 11 is 1.28.